The minimum atomic E-state index is -0.616. The molecule has 0 heterocycles. The summed E-state index contributed by atoms with van der Waals surface area (Å²) in [6, 6.07) is 8.78. The average Bonchev–Trinajstić information content (AvgIpc) is 2.46. The maximum Gasteiger partial charge on any atom is 0.269 e. The fourth-order valence-electron chi connectivity index (χ4n) is 2.29. The summed E-state index contributed by atoms with van der Waals surface area (Å²) in [5.41, 5.74) is 5.91. The summed E-state index contributed by atoms with van der Waals surface area (Å²) >= 11 is 0. The molecular weight excluding hydrogens is 312 g/mol. The summed E-state index contributed by atoms with van der Waals surface area (Å²) in [7, 11) is 0. The fourth-order valence-corrected chi connectivity index (χ4v) is 2.29. The van der Waals surface area contributed by atoms with Gasteiger partial charge in [0.1, 0.15) is 17.2 Å². The van der Waals surface area contributed by atoms with Gasteiger partial charge in [0, 0.05) is 12.5 Å². The second-order valence-corrected chi connectivity index (χ2v) is 5.35. The SMILES string of the molecule is Cc1cc(O)cc(O)c1C(=O)NNCC(=O)Cc1cccc(O)c1. The fraction of sp³-hybridized carbons (Fsp3) is 0.176. The number of phenols is 3. The van der Waals surface area contributed by atoms with Crippen LogP contribution in [-0.4, -0.2) is 33.6 Å². The first-order valence-corrected chi connectivity index (χ1v) is 7.22. The molecule has 2 aromatic carbocycles. The van der Waals surface area contributed by atoms with Crippen molar-refractivity contribution in [1.82, 2.24) is 10.9 Å². The molecule has 1 amide bonds. The zero-order valence-electron chi connectivity index (χ0n) is 13.0. The maximum atomic E-state index is 12.0. The molecule has 24 heavy (non-hydrogen) atoms. The van der Waals surface area contributed by atoms with E-state index in [9.17, 15) is 24.9 Å². The summed E-state index contributed by atoms with van der Waals surface area (Å²) in [6.07, 6.45) is 0.112. The van der Waals surface area contributed by atoms with E-state index in [0.717, 1.165) is 6.07 Å². The Morgan fingerprint density at radius 2 is 1.79 bits per heavy atom. The number of aromatic hydroxyl groups is 3. The van der Waals surface area contributed by atoms with E-state index in [1.807, 2.05) is 0 Å². The molecule has 0 unspecified atom stereocenters. The molecule has 0 saturated carbocycles. The molecule has 7 heteroatoms. The number of hydrazine groups is 1. The Hall–Kier alpha value is -3.06. The van der Waals surface area contributed by atoms with E-state index in [4.69, 9.17) is 0 Å². The van der Waals surface area contributed by atoms with Crippen LogP contribution in [0, 0.1) is 6.92 Å². The van der Waals surface area contributed by atoms with E-state index in [-0.39, 0.29) is 41.6 Å². The van der Waals surface area contributed by atoms with Crippen molar-refractivity contribution in [3.63, 3.8) is 0 Å². The lowest BCUT2D eigenvalue weighted by atomic mass is 10.1. The van der Waals surface area contributed by atoms with Crippen LogP contribution in [-0.2, 0) is 11.2 Å². The average molecular weight is 330 g/mol. The molecule has 0 aromatic heterocycles. The van der Waals surface area contributed by atoms with Crippen molar-refractivity contribution < 1.29 is 24.9 Å². The van der Waals surface area contributed by atoms with Gasteiger partial charge in [-0.2, -0.15) is 0 Å². The van der Waals surface area contributed by atoms with Gasteiger partial charge in [0.15, 0.2) is 5.78 Å². The van der Waals surface area contributed by atoms with Crippen LogP contribution in [0.4, 0.5) is 0 Å². The van der Waals surface area contributed by atoms with E-state index in [1.165, 1.54) is 18.2 Å². The lowest BCUT2D eigenvalue weighted by molar-refractivity contribution is -0.117. The van der Waals surface area contributed by atoms with E-state index in [2.05, 4.69) is 10.9 Å². The molecule has 0 spiro atoms. The van der Waals surface area contributed by atoms with Gasteiger partial charge >= 0.3 is 0 Å². The number of amides is 1. The van der Waals surface area contributed by atoms with Gasteiger partial charge in [-0.05, 0) is 36.2 Å². The van der Waals surface area contributed by atoms with Crippen molar-refractivity contribution in [2.24, 2.45) is 0 Å². The molecule has 0 radical (unpaired) electrons. The van der Waals surface area contributed by atoms with Crippen LogP contribution in [0.1, 0.15) is 21.5 Å². The number of carbonyl (C=O) groups is 2. The highest BCUT2D eigenvalue weighted by molar-refractivity contribution is 5.98. The monoisotopic (exact) mass is 330 g/mol. The lowest BCUT2D eigenvalue weighted by Gasteiger charge is -2.11. The van der Waals surface area contributed by atoms with Crippen molar-refractivity contribution in [3.8, 4) is 17.2 Å². The summed E-state index contributed by atoms with van der Waals surface area (Å²) in [5.74, 6) is -1.21. The molecular formula is C17H18N2O5. The summed E-state index contributed by atoms with van der Waals surface area (Å²) in [5, 5.41) is 28.4. The molecule has 0 atom stereocenters. The standard InChI is InChI=1S/C17H18N2O5/c1-10-5-13(21)8-15(23)16(10)17(24)19-18-9-14(22)7-11-3-2-4-12(20)6-11/h2-6,8,18,20-21,23H,7,9H2,1H3,(H,19,24). The van der Waals surface area contributed by atoms with Crippen LogP contribution in [0.15, 0.2) is 36.4 Å². The summed E-state index contributed by atoms with van der Waals surface area (Å²) < 4.78 is 0. The van der Waals surface area contributed by atoms with Gasteiger partial charge in [0.25, 0.3) is 5.91 Å². The van der Waals surface area contributed by atoms with Gasteiger partial charge in [-0.1, -0.05) is 12.1 Å². The molecule has 5 N–H and O–H groups in total. The van der Waals surface area contributed by atoms with E-state index in [0.29, 0.717) is 11.1 Å². The Balaban J connectivity index is 1.88. The number of ketones is 1. The molecule has 126 valence electrons. The number of hydrogen-bond acceptors (Lipinski definition) is 6. The van der Waals surface area contributed by atoms with Crippen LogP contribution in [0.25, 0.3) is 0 Å². The number of rotatable bonds is 6. The van der Waals surface area contributed by atoms with Gasteiger partial charge < -0.3 is 15.3 Å². The Morgan fingerprint density at radius 3 is 2.46 bits per heavy atom. The molecule has 0 aliphatic rings. The summed E-state index contributed by atoms with van der Waals surface area (Å²) in [6.45, 7) is 1.46. The van der Waals surface area contributed by atoms with Gasteiger partial charge in [0.05, 0.1) is 12.1 Å². The topological polar surface area (TPSA) is 119 Å². The van der Waals surface area contributed by atoms with Crippen LogP contribution < -0.4 is 10.9 Å². The minimum Gasteiger partial charge on any atom is -0.508 e. The number of carbonyl (C=O) groups excluding carboxylic acids is 2. The third-order valence-electron chi connectivity index (χ3n) is 3.33. The highest BCUT2D eigenvalue weighted by Crippen LogP contribution is 2.26. The van der Waals surface area contributed by atoms with Crippen LogP contribution >= 0.6 is 0 Å². The number of Topliss-reactive ketones (excluding diaryl/α,β-unsaturated/α-hetero) is 1. The molecule has 0 aliphatic carbocycles. The third-order valence-corrected chi connectivity index (χ3v) is 3.33. The van der Waals surface area contributed by atoms with Crippen molar-refractivity contribution >= 4 is 11.7 Å². The molecule has 2 aromatic rings. The number of phenolic OH excluding ortho intramolecular Hbond substituents is 3. The van der Waals surface area contributed by atoms with Crippen molar-refractivity contribution in [3.05, 3.63) is 53.1 Å². The number of nitrogens with one attached hydrogen (secondary N) is 2. The van der Waals surface area contributed by atoms with Crippen LogP contribution in [0.5, 0.6) is 17.2 Å². The molecule has 0 bridgehead atoms. The molecule has 2 rings (SSSR count). The Morgan fingerprint density at radius 1 is 1.04 bits per heavy atom. The van der Waals surface area contributed by atoms with Crippen molar-refractivity contribution in [2.45, 2.75) is 13.3 Å². The van der Waals surface area contributed by atoms with E-state index >= 15 is 0 Å². The first-order chi connectivity index (χ1) is 11.4. The van der Waals surface area contributed by atoms with E-state index in [1.54, 1.807) is 19.1 Å². The first-order valence-electron chi connectivity index (χ1n) is 7.22. The molecule has 0 fully saturated rings. The van der Waals surface area contributed by atoms with Gasteiger partial charge in [0.2, 0.25) is 0 Å². The van der Waals surface area contributed by atoms with Crippen LogP contribution in [0.3, 0.4) is 0 Å². The Labute approximate surface area is 138 Å². The summed E-state index contributed by atoms with van der Waals surface area (Å²) in [4.78, 5) is 23.9. The normalized spacial score (nSPS) is 10.4. The molecule has 7 nitrogen and oxygen atoms in total. The lowest BCUT2D eigenvalue weighted by Crippen LogP contribution is -2.41. The smallest absolute Gasteiger partial charge is 0.269 e. The van der Waals surface area contributed by atoms with Crippen molar-refractivity contribution in [2.75, 3.05) is 6.54 Å². The molecule has 0 aliphatic heterocycles. The predicted molar refractivity (Wildman–Crippen MR) is 86.8 cm³/mol. The molecule has 0 saturated heterocycles. The number of aryl methyl sites for hydroxylation is 1. The highest BCUT2D eigenvalue weighted by atomic mass is 16.3. The van der Waals surface area contributed by atoms with Crippen LogP contribution in [0.2, 0.25) is 0 Å². The maximum absolute atomic E-state index is 12.0. The minimum absolute atomic E-state index is 0.0146. The van der Waals surface area contributed by atoms with Crippen molar-refractivity contribution in [1.29, 1.82) is 0 Å². The quantitative estimate of drug-likeness (QED) is 0.507. The Bertz CT molecular complexity index is 750. The highest BCUT2D eigenvalue weighted by Gasteiger charge is 2.15. The zero-order chi connectivity index (χ0) is 17.7. The number of benzene rings is 2. The van der Waals surface area contributed by atoms with Gasteiger partial charge in [-0.25, -0.2) is 5.43 Å². The largest absolute Gasteiger partial charge is 0.508 e. The van der Waals surface area contributed by atoms with Gasteiger partial charge in [-0.3, -0.25) is 15.0 Å². The third kappa shape index (κ3) is 4.47. The Kier molecular flexibility index (Phi) is 5.39. The number of hydrogen-bond donors (Lipinski definition) is 5. The second kappa shape index (κ2) is 7.47. The first kappa shape index (κ1) is 17.3. The van der Waals surface area contributed by atoms with Gasteiger partial charge in [-0.15, -0.1) is 0 Å². The second-order valence-electron chi connectivity index (χ2n) is 5.35. The predicted octanol–water partition coefficient (Wildman–Crippen LogP) is 1.16. The zero-order valence-corrected chi connectivity index (χ0v) is 13.0. The van der Waals surface area contributed by atoms with E-state index < -0.39 is 5.91 Å².